The van der Waals surface area contributed by atoms with Gasteiger partial charge in [-0.25, -0.2) is 0 Å². The summed E-state index contributed by atoms with van der Waals surface area (Å²) < 4.78 is 11.6. The summed E-state index contributed by atoms with van der Waals surface area (Å²) in [7, 11) is 0. The van der Waals surface area contributed by atoms with Gasteiger partial charge in [0.25, 0.3) is 0 Å². The lowest BCUT2D eigenvalue weighted by molar-refractivity contribution is -0.120. The van der Waals surface area contributed by atoms with Crippen LogP contribution in [0.5, 0.6) is 0 Å². The highest BCUT2D eigenvalue weighted by Crippen LogP contribution is 2.15. The van der Waals surface area contributed by atoms with E-state index in [9.17, 15) is 0 Å². The Morgan fingerprint density at radius 2 is 2.00 bits per heavy atom. The number of hydrogen-bond acceptors (Lipinski definition) is 3. The molecule has 0 aliphatic carbocycles. The second-order valence-corrected chi connectivity index (χ2v) is 5.62. The van der Waals surface area contributed by atoms with Crippen molar-refractivity contribution in [2.75, 3.05) is 26.3 Å². The maximum atomic E-state index is 5.93. The van der Waals surface area contributed by atoms with Crippen molar-refractivity contribution in [3.8, 4) is 0 Å². The molecule has 3 heteroatoms. The fourth-order valence-electron chi connectivity index (χ4n) is 2.18. The zero-order chi connectivity index (χ0) is 12.6. The predicted molar refractivity (Wildman–Crippen MR) is 71.4 cm³/mol. The van der Waals surface area contributed by atoms with Crippen LogP contribution in [0.4, 0.5) is 0 Å². The first-order chi connectivity index (χ1) is 8.14. The van der Waals surface area contributed by atoms with Crippen molar-refractivity contribution in [2.45, 2.75) is 64.6 Å². The van der Waals surface area contributed by atoms with Gasteiger partial charge in [0.15, 0.2) is 0 Å². The molecule has 1 saturated heterocycles. The van der Waals surface area contributed by atoms with E-state index in [0.717, 1.165) is 26.3 Å². The van der Waals surface area contributed by atoms with Crippen molar-refractivity contribution >= 4 is 0 Å². The first kappa shape index (κ1) is 14.9. The van der Waals surface area contributed by atoms with E-state index < -0.39 is 0 Å². The monoisotopic (exact) mass is 243 g/mol. The predicted octanol–water partition coefficient (Wildman–Crippen LogP) is 2.74. The molecule has 1 N–H and O–H groups in total. The Labute approximate surface area is 106 Å². The quantitative estimate of drug-likeness (QED) is 0.665. The third-order valence-corrected chi connectivity index (χ3v) is 3.10. The molecular formula is C14H29NO2. The number of rotatable bonds is 8. The topological polar surface area (TPSA) is 30.5 Å². The van der Waals surface area contributed by atoms with E-state index in [0.29, 0.717) is 0 Å². The van der Waals surface area contributed by atoms with E-state index >= 15 is 0 Å². The second kappa shape index (κ2) is 8.06. The number of unbranched alkanes of at least 4 members (excludes halogenated alkanes) is 4. The lowest BCUT2D eigenvalue weighted by atomic mass is 10.1. The van der Waals surface area contributed by atoms with Gasteiger partial charge in [-0.15, -0.1) is 0 Å². The summed E-state index contributed by atoms with van der Waals surface area (Å²) in [6.07, 6.45) is 6.69. The van der Waals surface area contributed by atoms with Crippen LogP contribution in [0.3, 0.4) is 0 Å². The maximum absolute atomic E-state index is 5.93. The van der Waals surface area contributed by atoms with Gasteiger partial charge in [-0.2, -0.15) is 0 Å². The fourth-order valence-corrected chi connectivity index (χ4v) is 2.18. The smallest absolute Gasteiger partial charge is 0.0940 e. The minimum Gasteiger partial charge on any atom is -0.379 e. The van der Waals surface area contributed by atoms with Gasteiger partial charge in [0.1, 0.15) is 0 Å². The first-order valence-electron chi connectivity index (χ1n) is 7.10. The second-order valence-electron chi connectivity index (χ2n) is 5.62. The Morgan fingerprint density at radius 3 is 2.71 bits per heavy atom. The summed E-state index contributed by atoms with van der Waals surface area (Å²) in [5.41, 5.74) is -0.0482. The van der Waals surface area contributed by atoms with Gasteiger partial charge in [-0.1, -0.05) is 32.6 Å². The SMILES string of the molecule is CCCCCCCOCC1CNCC(C)(C)O1. The van der Waals surface area contributed by atoms with Crippen molar-refractivity contribution < 1.29 is 9.47 Å². The summed E-state index contributed by atoms with van der Waals surface area (Å²) in [5.74, 6) is 0. The molecule has 0 radical (unpaired) electrons. The van der Waals surface area contributed by atoms with E-state index in [1.54, 1.807) is 0 Å². The van der Waals surface area contributed by atoms with Crippen molar-refractivity contribution in [3.63, 3.8) is 0 Å². The van der Waals surface area contributed by atoms with Crippen LogP contribution in [0.15, 0.2) is 0 Å². The number of hydrogen-bond donors (Lipinski definition) is 1. The third kappa shape index (κ3) is 7.02. The average Bonchev–Trinajstić information content (AvgIpc) is 2.27. The van der Waals surface area contributed by atoms with E-state index in [2.05, 4.69) is 26.1 Å². The fraction of sp³-hybridized carbons (Fsp3) is 1.00. The van der Waals surface area contributed by atoms with E-state index in [-0.39, 0.29) is 11.7 Å². The lowest BCUT2D eigenvalue weighted by Gasteiger charge is -2.36. The summed E-state index contributed by atoms with van der Waals surface area (Å²) in [6.45, 7) is 9.94. The molecule has 1 atom stereocenters. The van der Waals surface area contributed by atoms with Crippen LogP contribution in [0.25, 0.3) is 0 Å². The Morgan fingerprint density at radius 1 is 1.24 bits per heavy atom. The molecule has 0 spiro atoms. The summed E-state index contributed by atoms with van der Waals surface area (Å²) in [5, 5.41) is 3.39. The molecule has 0 bridgehead atoms. The van der Waals surface area contributed by atoms with Gasteiger partial charge in [-0.3, -0.25) is 0 Å². The highest BCUT2D eigenvalue weighted by atomic mass is 16.5. The molecule has 1 unspecified atom stereocenters. The lowest BCUT2D eigenvalue weighted by Crippen LogP contribution is -2.51. The van der Waals surface area contributed by atoms with Crippen molar-refractivity contribution in [1.29, 1.82) is 0 Å². The minimum atomic E-state index is -0.0482. The third-order valence-electron chi connectivity index (χ3n) is 3.10. The molecule has 0 aromatic heterocycles. The maximum Gasteiger partial charge on any atom is 0.0940 e. The van der Waals surface area contributed by atoms with Gasteiger partial charge >= 0.3 is 0 Å². The zero-order valence-corrected chi connectivity index (χ0v) is 11.8. The van der Waals surface area contributed by atoms with Crippen molar-refractivity contribution in [1.82, 2.24) is 5.32 Å². The van der Waals surface area contributed by atoms with Gasteiger partial charge in [0, 0.05) is 19.7 Å². The van der Waals surface area contributed by atoms with Crippen LogP contribution in [0.2, 0.25) is 0 Å². The average molecular weight is 243 g/mol. The molecule has 0 saturated carbocycles. The molecule has 0 aromatic rings. The number of morpholine rings is 1. The Balaban J connectivity index is 1.95. The molecule has 1 fully saturated rings. The molecule has 0 amide bonds. The molecule has 0 aromatic carbocycles. The summed E-state index contributed by atoms with van der Waals surface area (Å²) in [6, 6.07) is 0. The summed E-state index contributed by atoms with van der Waals surface area (Å²) in [4.78, 5) is 0. The van der Waals surface area contributed by atoms with Crippen LogP contribution in [0.1, 0.15) is 52.9 Å². The van der Waals surface area contributed by atoms with Crippen LogP contribution >= 0.6 is 0 Å². The largest absolute Gasteiger partial charge is 0.379 e. The Bertz CT molecular complexity index is 195. The van der Waals surface area contributed by atoms with Gasteiger partial charge in [0.05, 0.1) is 18.3 Å². The molecule has 17 heavy (non-hydrogen) atoms. The normalized spacial score (nSPS) is 23.8. The highest BCUT2D eigenvalue weighted by molar-refractivity contribution is 4.81. The Kier molecular flexibility index (Phi) is 7.09. The molecule has 1 rings (SSSR count). The molecule has 102 valence electrons. The molecule has 1 aliphatic rings. The van der Waals surface area contributed by atoms with Gasteiger partial charge in [-0.05, 0) is 20.3 Å². The highest BCUT2D eigenvalue weighted by Gasteiger charge is 2.28. The Hall–Kier alpha value is -0.120. The molecule has 3 nitrogen and oxygen atoms in total. The first-order valence-corrected chi connectivity index (χ1v) is 7.10. The minimum absolute atomic E-state index is 0.0482. The van der Waals surface area contributed by atoms with E-state index in [1.165, 1.54) is 32.1 Å². The number of ether oxygens (including phenoxy) is 2. The van der Waals surface area contributed by atoms with E-state index in [1.807, 2.05) is 0 Å². The van der Waals surface area contributed by atoms with Crippen molar-refractivity contribution in [3.05, 3.63) is 0 Å². The van der Waals surface area contributed by atoms with Crippen LogP contribution in [-0.2, 0) is 9.47 Å². The van der Waals surface area contributed by atoms with Gasteiger partial charge < -0.3 is 14.8 Å². The van der Waals surface area contributed by atoms with E-state index in [4.69, 9.17) is 9.47 Å². The van der Waals surface area contributed by atoms with Crippen molar-refractivity contribution in [2.24, 2.45) is 0 Å². The van der Waals surface area contributed by atoms with Gasteiger partial charge in [0.2, 0.25) is 0 Å². The zero-order valence-electron chi connectivity index (χ0n) is 11.8. The molecular weight excluding hydrogens is 214 g/mol. The standard InChI is InChI=1S/C14H29NO2/c1-4-5-6-7-8-9-16-11-13-10-15-12-14(2,3)17-13/h13,15H,4-12H2,1-3H3. The molecule has 1 aliphatic heterocycles. The summed E-state index contributed by atoms with van der Waals surface area (Å²) >= 11 is 0. The van der Waals surface area contributed by atoms with Crippen LogP contribution < -0.4 is 5.32 Å². The number of nitrogens with one attached hydrogen (secondary N) is 1. The molecule has 1 heterocycles. The van der Waals surface area contributed by atoms with Crippen LogP contribution in [-0.4, -0.2) is 38.0 Å². The van der Waals surface area contributed by atoms with Crippen LogP contribution in [0, 0.1) is 0 Å².